The van der Waals surface area contributed by atoms with Crippen molar-refractivity contribution in [1.29, 1.82) is 0 Å². The highest BCUT2D eigenvalue weighted by atomic mass is 16.4. The summed E-state index contributed by atoms with van der Waals surface area (Å²) in [5.74, 6) is -0.437. The van der Waals surface area contributed by atoms with Crippen molar-refractivity contribution in [3.63, 3.8) is 0 Å². The lowest BCUT2D eigenvalue weighted by atomic mass is 9.91. The number of hydrogen-bond donors (Lipinski definition) is 2. The van der Waals surface area contributed by atoms with Crippen LogP contribution in [0.5, 0.6) is 0 Å². The van der Waals surface area contributed by atoms with E-state index in [1.54, 1.807) is 11.1 Å². The Morgan fingerprint density at radius 3 is 2.78 bits per heavy atom. The normalized spacial score (nSPS) is 25.9. The maximum Gasteiger partial charge on any atom is 0.321 e. The maximum absolute atomic E-state index is 12.4. The van der Waals surface area contributed by atoms with Gasteiger partial charge in [0, 0.05) is 19.3 Å². The van der Waals surface area contributed by atoms with Crippen LogP contribution in [0.25, 0.3) is 0 Å². The molecule has 1 aromatic rings. The van der Waals surface area contributed by atoms with Crippen LogP contribution in [0.15, 0.2) is 12.4 Å². The van der Waals surface area contributed by atoms with E-state index < -0.39 is 11.9 Å². The monoisotopic (exact) mass is 320 g/mol. The minimum Gasteiger partial charge on any atom is -0.481 e. The topological polar surface area (TPSA) is 87.5 Å². The van der Waals surface area contributed by atoms with Gasteiger partial charge in [-0.1, -0.05) is 6.92 Å². The zero-order valence-corrected chi connectivity index (χ0v) is 13.6. The fraction of sp³-hybridized carbons (Fsp3) is 0.688. The van der Waals surface area contributed by atoms with E-state index in [0.717, 1.165) is 0 Å². The van der Waals surface area contributed by atoms with Crippen molar-refractivity contribution in [2.24, 2.45) is 17.8 Å². The smallest absolute Gasteiger partial charge is 0.321 e. The van der Waals surface area contributed by atoms with E-state index in [2.05, 4.69) is 17.3 Å². The highest BCUT2D eigenvalue weighted by Gasteiger charge is 2.32. The summed E-state index contributed by atoms with van der Waals surface area (Å²) in [4.78, 5) is 25.2. The number of aliphatic carboxylic acids is 1. The molecule has 0 bridgehead atoms. The number of likely N-dealkylation sites (tertiary alicyclic amines) is 1. The lowest BCUT2D eigenvalue weighted by Gasteiger charge is -2.34. The third-order valence-corrected chi connectivity index (χ3v) is 4.87. The minimum absolute atomic E-state index is 0.188. The molecule has 23 heavy (non-hydrogen) atoms. The predicted molar refractivity (Wildman–Crippen MR) is 85.2 cm³/mol. The van der Waals surface area contributed by atoms with Gasteiger partial charge in [-0.25, -0.2) is 4.79 Å². The highest BCUT2D eigenvalue weighted by molar-refractivity contribution is 5.89. The number of hydrogen-bond acceptors (Lipinski definition) is 3. The molecule has 0 spiro atoms. The number of carbonyl (C=O) groups excluding carboxylic acids is 1. The van der Waals surface area contributed by atoms with E-state index in [-0.39, 0.29) is 18.5 Å². The van der Waals surface area contributed by atoms with Gasteiger partial charge in [-0.2, -0.15) is 5.10 Å². The van der Waals surface area contributed by atoms with Crippen molar-refractivity contribution >= 4 is 17.7 Å². The summed E-state index contributed by atoms with van der Waals surface area (Å²) in [6.07, 6.45) is 6.60. The number of nitrogens with one attached hydrogen (secondary N) is 1. The van der Waals surface area contributed by atoms with Gasteiger partial charge in [0.1, 0.15) is 0 Å². The van der Waals surface area contributed by atoms with Crippen LogP contribution in [-0.2, 0) is 4.79 Å². The van der Waals surface area contributed by atoms with E-state index in [9.17, 15) is 14.7 Å². The molecular weight excluding hydrogens is 296 g/mol. The molecule has 0 radical (unpaired) electrons. The summed E-state index contributed by atoms with van der Waals surface area (Å²) in [7, 11) is 0. The summed E-state index contributed by atoms with van der Waals surface area (Å²) >= 11 is 0. The maximum atomic E-state index is 12.4. The van der Waals surface area contributed by atoms with E-state index in [1.165, 1.54) is 12.8 Å². The SMILES string of the molecule is CC1CC(C(=O)O)CN(C(=O)Nc2cnn(C(C)C3CC3)c2)C1. The van der Waals surface area contributed by atoms with Crippen LogP contribution >= 0.6 is 0 Å². The molecule has 2 heterocycles. The molecule has 7 nitrogen and oxygen atoms in total. The van der Waals surface area contributed by atoms with Crippen LogP contribution < -0.4 is 5.32 Å². The van der Waals surface area contributed by atoms with Crippen molar-refractivity contribution in [3.8, 4) is 0 Å². The Labute approximate surface area is 135 Å². The first-order valence-corrected chi connectivity index (χ1v) is 8.27. The number of carboxylic acid groups (broad SMARTS) is 1. The quantitative estimate of drug-likeness (QED) is 0.892. The van der Waals surface area contributed by atoms with Gasteiger partial charge in [-0.05, 0) is 38.0 Å². The Hall–Kier alpha value is -2.05. The zero-order valence-electron chi connectivity index (χ0n) is 13.6. The Morgan fingerprint density at radius 1 is 1.39 bits per heavy atom. The third kappa shape index (κ3) is 3.65. The van der Waals surface area contributed by atoms with E-state index in [1.807, 2.05) is 17.8 Å². The van der Waals surface area contributed by atoms with Gasteiger partial charge in [0.2, 0.25) is 0 Å². The summed E-state index contributed by atoms with van der Waals surface area (Å²) < 4.78 is 1.90. The molecule has 1 aliphatic carbocycles. The molecule has 2 N–H and O–H groups in total. The highest BCUT2D eigenvalue weighted by Crippen LogP contribution is 2.39. The molecule has 3 rings (SSSR count). The first-order chi connectivity index (χ1) is 10.9. The van der Waals surface area contributed by atoms with Crippen LogP contribution in [0, 0.1) is 17.8 Å². The molecule has 1 aliphatic heterocycles. The van der Waals surface area contributed by atoms with Gasteiger partial charge >= 0.3 is 12.0 Å². The number of anilines is 1. The van der Waals surface area contributed by atoms with Crippen molar-refractivity contribution in [3.05, 3.63) is 12.4 Å². The number of amides is 2. The largest absolute Gasteiger partial charge is 0.481 e. The zero-order chi connectivity index (χ0) is 16.6. The van der Waals surface area contributed by atoms with Crippen LogP contribution in [0.4, 0.5) is 10.5 Å². The van der Waals surface area contributed by atoms with E-state index in [4.69, 9.17) is 0 Å². The second kappa shape index (κ2) is 6.22. The molecule has 0 aromatic carbocycles. The van der Waals surface area contributed by atoms with Gasteiger partial charge in [-0.3, -0.25) is 9.48 Å². The van der Waals surface area contributed by atoms with Crippen LogP contribution in [0.1, 0.15) is 39.2 Å². The molecule has 1 saturated heterocycles. The molecule has 2 amide bonds. The standard InChI is InChI=1S/C16H24N4O3/c1-10-5-13(15(21)22)8-19(7-10)16(23)18-14-6-17-20(9-14)11(2)12-3-4-12/h6,9-13H,3-5,7-8H2,1-2H3,(H,18,23)(H,21,22). The lowest BCUT2D eigenvalue weighted by Crippen LogP contribution is -2.47. The molecule has 2 fully saturated rings. The van der Waals surface area contributed by atoms with E-state index >= 15 is 0 Å². The molecule has 3 unspecified atom stereocenters. The molecule has 1 aromatic heterocycles. The fourth-order valence-electron chi connectivity index (χ4n) is 3.32. The predicted octanol–water partition coefficient (Wildman–Crippen LogP) is 2.43. The number of piperidine rings is 1. The average molecular weight is 320 g/mol. The average Bonchev–Trinajstić information content (AvgIpc) is 3.25. The summed E-state index contributed by atoms with van der Waals surface area (Å²) in [5, 5.41) is 16.4. The molecule has 3 atom stereocenters. The second-order valence-electron chi connectivity index (χ2n) is 7.00. The molecular formula is C16H24N4O3. The van der Waals surface area contributed by atoms with Crippen molar-refractivity contribution < 1.29 is 14.7 Å². The first kappa shape index (κ1) is 15.8. The lowest BCUT2D eigenvalue weighted by molar-refractivity contribution is -0.143. The number of nitrogens with zero attached hydrogens (tertiary/aromatic N) is 3. The fourth-order valence-corrected chi connectivity index (χ4v) is 3.32. The Bertz CT molecular complexity index is 596. The van der Waals surface area contributed by atoms with Crippen LogP contribution in [0.3, 0.4) is 0 Å². The van der Waals surface area contributed by atoms with Crippen molar-refractivity contribution in [2.45, 2.75) is 39.2 Å². The van der Waals surface area contributed by atoms with Crippen LogP contribution in [0.2, 0.25) is 0 Å². The van der Waals surface area contributed by atoms with Gasteiger partial charge in [0.25, 0.3) is 0 Å². The summed E-state index contributed by atoms with van der Waals surface area (Å²) in [5.41, 5.74) is 0.660. The number of carbonyl (C=O) groups is 2. The van der Waals surface area contributed by atoms with Crippen LogP contribution in [-0.4, -0.2) is 44.9 Å². The van der Waals surface area contributed by atoms with E-state index in [0.29, 0.717) is 30.6 Å². The Morgan fingerprint density at radius 2 is 2.13 bits per heavy atom. The number of aromatic nitrogens is 2. The first-order valence-electron chi connectivity index (χ1n) is 8.27. The van der Waals surface area contributed by atoms with Crippen molar-refractivity contribution in [2.75, 3.05) is 18.4 Å². The van der Waals surface area contributed by atoms with Crippen molar-refractivity contribution in [1.82, 2.24) is 14.7 Å². The minimum atomic E-state index is -0.833. The second-order valence-corrected chi connectivity index (χ2v) is 7.00. The number of carboxylic acids is 1. The summed E-state index contributed by atoms with van der Waals surface area (Å²) in [6, 6.07) is 0.105. The Kier molecular flexibility index (Phi) is 4.28. The van der Waals surface area contributed by atoms with Gasteiger partial charge in [0.05, 0.1) is 23.8 Å². The molecule has 1 saturated carbocycles. The van der Waals surface area contributed by atoms with Gasteiger partial charge in [-0.15, -0.1) is 0 Å². The van der Waals surface area contributed by atoms with Gasteiger partial charge in [0.15, 0.2) is 0 Å². The summed E-state index contributed by atoms with van der Waals surface area (Å²) in [6.45, 7) is 4.96. The number of rotatable bonds is 4. The molecule has 2 aliphatic rings. The van der Waals surface area contributed by atoms with Gasteiger partial charge < -0.3 is 15.3 Å². The number of urea groups is 1. The molecule has 126 valence electrons. The molecule has 7 heteroatoms. The Balaban J connectivity index is 1.61. The third-order valence-electron chi connectivity index (χ3n) is 4.87.